The lowest BCUT2D eigenvalue weighted by Gasteiger charge is -2.50. The molecule has 2 aromatic rings. The largest absolute Gasteiger partial charge is 0.614 e. The first-order valence-electron chi connectivity index (χ1n) is 10.6. The number of ether oxygens (including phenoxy) is 2. The smallest absolute Gasteiger partial charge is 0.355 e. The van der Waals surface area contributed by atoms with Gasteiger partial charge in [-0.1, -0.05) is 29.8 Å². The monoisotopic (exact) mass is 542 g/mol. The van der Waals surface area contributed by atoms with E-state index >= 15 is 0 Å². The fraction of sp³-hybridized carbons (Fsp3) is 0.348. The highest BCUT2D eigenvalue weighted by atomic mass is 35.5. The molecular formula is C23H27ClN2O7S2. The Balaban J connectivity index is 0.000000261. The van der Waals surface area contributed by atoms with Crippen LogP contribution in [-0.4, -0.2) is 65.1 Å². The number of fused-ring (bicyclic) bond motifs is 1. The summed E-state index contributed by atoms with van der Waals surface area (Å²) in [6, 6.07) is 13.1. The van der Waals surface area contributed by atoms with Gasteiger partial charge in [0.25, 0.3) is 10.1 Å². The van der Waals surface area contributed by atoms with E-state index in [1.807, 2.05) is 19.1 Å². The van der Waals surface area contributed by atoms with Crippen LogP contribution in [0.15, 0.2) is 64.7 Å². The molecule has 2 aliphatic rings. The van der Waals surface area contributed by atoms with Crippen molar-refractivity contribution in [2.75, 3.05) is 25.3 Å². The summed E-state index contributed by atoms with van der Waals surface area (Å²) in [5.41, 5.74) is 8.79. The number of halogens is 1. The number of benzene rings is 2. The third kappa shape index (κ3) is 6.69. The third-order valence-electron chi connectivity index (χ3n) is 5.49. The van der Waals surface area contributed by atoms with Crippen LogP contribution in [0.4, 0.5) is 0 Å². The van der Waals surface area contributed by atoms with E-state index < -0.39 is 27.3 Å². The number of aryl methyl sites for hydroxylation is 1. The molecular weight excluding hydrogens is 516 g/mol. The van der Waals surface area contributed by atoms with Crippen molar-refractivity contribution in [2.45, 2.75) is 29.8 Å². The van der Waals surface area contributed by atoms with Gasteiger partial charge in [0.1, 0.15) is 23.8 Å². The first kappa shape index (κ1) is 27.3. The van der Waals surface area contributed by atoms with E-state index in [1.54, 1.807) is 36.3 Å². The lowest BCUT2D eigenvalue weighted by atomic mass is 10.1. The summed E-state index contributed by atoms with van der Waals surface area (Å²) in [4.78, 5) is 14.2. The van der Waals surface area contributed by atoms with Gasteiger partial charge in [0.15, 0.2) is 0 Å². The minimum Gasteiger partial charge on any atom is -0.614 e. The summed E-state index contributed by atoms with van der Waals surface area (Å²) in [7, 11) is -2.43. The second-order valence-corrected chi connectivity index (χ2v) is 11.3. The van der Waals surface area contributed by atoms with Gasteiger partial charge in [-0.3, -0.25) is 4.55 Å². The molecule has 3 atom stereocenters. The number of esters is 1. The maximum absolute atomic E-state index is 12.5. The fourth-order valence-corrected chi connectivity index (χ4v) is 6.13. The van der Waals surface area contributed by atoms with E-state index in [4.69, 9.17) is 31.4 Å². The molecule has 0 spiro atoms. The third-order valence-corrected chi connectivity index (χ3v) is 8.46. The highest BCUT2D eigenvalue weighted by Crippen LogP contribution is 2.35. The fourth-order valence-electron chi connectivity index (χ4n) is 3.61. The Bertz CT molecular complexity index is 1170. The normalized spacial score (nSPS) is 21.3. The van der Waals surface area contributed by atoms with E-state index in [1.165, 1.54) is 12.1 Å². The Labute approximate surface area is 212 Å². The van der Waals surface area contributed by atoms with Crippen LogP contribution in [0.2, 0.25) is 0 Å². The molecule has 0 aromatic heterocycles. The summed E-state index contributed by atoms with van der Waals surface area (Å²) in [6.45, 7) is 2.48. The van der Waals surface area contributed by atoms with E-state index in [-0.39, 0.29) is 34.6 Å². The van der Waals surface area contributed by atoms with Gasteiger partial charge in [0, 0.05) is 12.1 Å². The van der Waals surface area contributed by atoms with E-state index in [0.29, 0.717) is 17.8 Å². The van der Waals surface area contributed by atoms with Crippen molar-refractivity contribution in [3.63, 3.8) is 0 Å². The second kappa shape index (κ2) is 11.6. The van der Waals surface area contributed by atoms with Crippen LogP contribution in [0, 0.1) is 6.92 Å². The van der Waals surface area contributed by atoms with Crippen LogP contribution < -0.4 is 10.5 Å². The minimum atomic E-state index is -4.02. The molecule has 0 aliphatic carbocycles. The average Bonchev–Trinajstić information content (AvgIpc) is 2.81. The molecule has 4 rings (SSSR count). The Hall–Kier alpha value is -2.28. The van der Waals surface area contributed by atoms with Crippen LogP contribution in [-0.2, 0) is 37.4 Å². The number of carbonyl (C=O) groups excluding carboxylic acids is 1. The van der Waals surface area contributed by atoms with Crippen LogP contribution in [0.25, 0.3) is 0 Å². The maximum atomic E-state index is 12.5. The predicted octanol–water partition coefficient (Wildman–Crippen LogP) is 2.20. The van der Waals surface area contributed by atoms with Gasteiger partial charge in [-0.15, -0.1) is 11.6 Å². The number of hydrogen-bond donors (Lipinski definition) is 2. The molecule has 0 amide bonds. The quantitative estimate of drug-likeness (QED) is 0.243. The molecule has 2 aromatic carbocycles. The molecule has 0 radical (unpaired) electrons. The molecule has 1 saturated heterocycles. The summed E-state index contributed by atoms with van der Waals surface area (Å²) in [5.74, 6) is 0.710. The van der Waals surface area contributed by atoms with Crippen molar-refractivity contribution in [1.82, 2.24) is 4.90 Å². The standard InChI is InChI=1S/C16H19ClN2O4S.C7H8O3S/c1-22-12-4-2-10(3-5-12)8-23-16(20)14-11(6-17)9-24(21)15-13(18)7-19(14)15;1-6-2-4-7(5-3-6)11(8,9)10/h2-5,13,15H,6-9,18H2,1H3;2-5H,1H3,(H,8,9,10)/t13-,15-,24?;/m1./s1. The predicted molar refractivity (Wildman–Crippen MR) is 133 cm³/mol. The van der Waals surface area contributed by atoms with Crippen molar-refractivity contribution in [3.8, 4) is 5.75 Å². The van der Waals surface area contributed by atoms with Crippen LogP contribution in [0.3, 0.4) is 0 Å². The number of nitrogens with two attached hydrogens (primary N) is 1. The molecule has 9 nitrogen and oxygen atoms in total. The minimum absolute atomic E-state index is 0.0666. The summed E-state index contributed by atoms with van der Waals surface area (Å²) >= 11 is 4.80. The molecule has 0 bridgehead atoms. The average molecular weight is 543 g/mol. The number of hydrogen-bond acceptors (Lipinski definition) is 8. The molecule has 12 heteroatoms. The first-order valence-corrected chi connectivity index (χ1v) is 13.9. The van der Waals surface area contributed by atoms with Crippen molar-refractivity contribution in [1.29, 1.82) is 0 Å². The highest BCUT2D eigenvalue weighted by molar-refractivity contribution is 7.92. The van der Waals surface area contributed by atoms with E-state index in [2.05, 4.69) is 0 Å². The van der Waals surface area contributed by atoms with Crippen LogP contribution >= 0.6 is 11.6 Å². The lowest BCUT2D eigenvalue weighted by molar-refractivity contribution is -0.143. The van der Waals surface area contributed by atoms with Crippen molar-refractivity contribution in [2.24, 2.45) is 5.73 Å². The van der Waals surface area contributed by atoms with Gasteiger partial charge in [-0.25, -0.2) is 4.79 Å². The topological polar surface area (TPSA) is 142 Å². The molecule has 35 heavy (non-hydrogen) atoms. The summed E-state index contributed by atoms with van der Waals surface area (Å²) in [5, 5.41) is -0.319. The van der Waals surface area contributed by atoms with Crippen LogP contribution in [0.1, 0.15) is 11.1 Å². The van der Waals surface area contributed by atoms with Crippen molar-refractivity contribution >= 4 is 38.9 Å². The SMILES string of the molecule is COc1ccc(COC(=O)C2=C(CCl)C[S+]([O-])[C@@H]3[C@H](N)CN23)cc1.Cc1ccc(S(=O)(=O)O)cc1. The Morgan fingerprint density at radius 3 is 2.37 bits per heavy atom. The Morgan fingerprint density at radius 2 is 1.86 bits per heavy atom. The zero-order chi connectivity index (χ0) is 25.8. The number of alkyl halides is 1. The van der Waals surface area contributed by atoms with Crippen molar-refractivity contribution in [3.05, 3.63) is 70.9 Å². The Kier molecular flexibility index (Phi) is 9.08. The van der Waals surface area contributed by atoms with Gasteiger partial charge in [-0.2, -0.15) is 8.42 Å². The summed E-state index contributed by atoms with van der Waals surface area (Å²) < 4.78 is 52.2. The van der Waals surface area contributed by atoms with Gasteiger partial charge >= 0.3 is 5.97 Å². The molecule has 2 aliphatic heterocycles. The molecule has 1 unspecified atom stereocenters. The zero-order valence-corrected chi connectivity index (χ0v) is 21.6. The summed E-state index contributed by atoms with van der Waals surface area (Å²) in [6.07, 6.45) is 0. The van der Waals surface area contributed by atoms with Gasteiger partial charge in [0.05, 0.1) is 23.9 Å². The number of nitrogens with zero attached hydrogens (tertiary/aromatic N) is 1. The molecule has 2 heterocycles. The van der Waals surface area contributed by atoms with Crippen LogP contribution in [0.5, 0.6) is 5.75 Å². The van der Waals surface area contributed by atoms with Gasteiger partial charge < -0.3 is 24.7 Å². The molecule has 190 valence electrons. The van der Waals surface area contributed by atoms with Crippen molar-refractivity contribution < 1.29 is 31.8 Å². The molecule has 1 fully saturated rings. The number of methoxy groups -OCH3 is 1. The molecule has 3 N–H and O–H groups in total. The van der Waals surface area contributed by atoms with Gasteiger partial charge in [0.2, 0.25) is 5.37 Å². The van der Waals surface area contributed by atoms with Gasteiger partial charge in [-0.05, 0) is 47.9 Å². The lowest BCUT2D eigenvalue weighted by Crippen LogP contribution is -2.69. The maximum Gasteiger partial charge on any atom is 0.355 e. The zero-order valence-electron chi connectivity index (χ0n) is 19.2. The number of carbonyl (C=O) groups is 1. The number of rotatable bonds is 6. The Morgan fingerprint density at radius 1 is 1.23 bits per heavy atom. The van der Waals surface area contributed by atoms with E-state index in [0.717, 1.165) is 16.9 Å². The first-order chi connectivity index (χ1) is 16.5. The highest BCUT2D eigenvalue weighted by Gasteiger charge is 2.52. The van der Waals surface area contributed by atoms with E-state index in [9.17, 15) is 17.8 Å². The molecule has 0 saturated carbocycles. The second-order valence-electron chi connectivity index (χ2n) is 8.03.